The molecule has 8 nitrogen and oxygen atoms in total. The van der Waals surface area contributed by atoms with E-state index in [0.717, 1.165) is 11.1 Å². The van der Waals surface area contributed by atoms with Gasteiger partial charge in [-0.1, -0.05) is 48.0 Å². The fourth-order valence-corrected chi connectivity index (χ4v) is 3.97. The molecule has 0 fully saturated rings. The van der Waals surface area contributed by atoms with Gasteiger partial charge in [0, 0.05) is 25.8 Å². The number of nitrogens with one attached hydrogen (secondary N) is 1. The van der Waals surface area contributed by atoms with Crippen LogP contribution in [0.3, 0.4) is 0 Å². The Balaban J connectivity index is 1.77. The van der Waals surface area contributed by atoms with E-state index in [2.05, 4.69) is 5.32 Å². The number of esters is 1. The van der Waals surface area contributed by atoms with Gasteiger partial charge in [0.25, 0.3) is 0 Å². The van der Waals surface area contributed by atoms with E-state index in [1.807, 2.05) is 37.3 Å². The van der Waals surface area contributed by atoms with Gasteiger partial charge < -0.3 is 24.6 Å². The monoisotopic (exact) mass is 479 g/mol. The minimum Gasteiger partial charge on any atom is -0.459 e. The molecule has 35 heavy (non-hydrogen) atoms. The first-order chi connectivity index (χ1) is 16.7. The number of urea groups is 1. The maximum atomic E-state index is 13.1. The van der Waals surface area contributed by atoms with Gasteiger partial charge in [-0.15, -0.1) is 0 Å². The number of hydrogen-bond donors (Lipinski definition) is 1. The molecular formula is C27H33N3O5. The Hall–Kier alpha value is -3.81. The van der Waals surface area contributed by atoms with Crippen molar-refractivity contribution in [2.45, 2.75) is 46.3 Å². The Morgan fingerprint density at radius 3 is 2.46 bits per heavy atom. The molecule has 0 aromatic heterocycles. The molecule has 2 aromatic carbocycles. The number of rotatable bonds is 8. The van der Waals surface area contributed by atoms with Crippen molar-refractivity contribution in [3.8, 4) is 5.75 Å². The Morgan fingerprint density at radius 2 is 1.80 bits per heavy atom. The van der Waals surface area contributed by atoms with E-state index < -0.39 is 18.1 Å². The van der Waals surface area contributed by atoms with Crippen LogP contribution in [0.25, 0.3) is 0 Å². The second kappa shape index (κ2) is 11.6. The molecule has 186 valence electrons. The van der Waals surface area contributed by atoms with Crippen LogP contribution in [0.4, 0.5) is 9.59 Å². The van der Waals surface area contributed by atoms with Crippen LogP contribution < -0.4 is 10.1 Å². The highest BCUT2D eigenvalue weighted by Gasteiger charge is 2.38. The summed E-state index contributed by atoms with van der Waals surface area (Å²) in [5.74, 6) is 0.00533. The van der Waals surface area contributed by atoms with Crippen molar-refractivity contribution in [1.82, 2.24) is 15.1 Å². The van der Waals surface area contributed by atoms with Crippen molar-refractivity contribution >= 4 is 18.1 Å². The van der Waals surface area contributed by atoms with Gasteiger partial charge in [-0.3, -0.25) is 0 Å². The first-order valence-electron chi connectivity index (χ1n) is 11.7. The molecule has 1 aliphatic rings. The van der Waals surface area contributed by atoms with Crippen molar-refractivity contribution in [1.29, 1.82) is 0 Å². The lowest BCUT2D eigenvalue weighted by molar-refractivity contribution is -0.143. The van der Waals surface area contributed by atoms with Crippen molar-refractivity contribution in [2.75, 3.05) is 20.1 Å². The van der Waals surface area contributed by atoms with E-state index >= 15 is 0 Å². The minimum atomic E-state index is -0.600. The van der Waals surface area contributed by atoms with E-state index in [1.54, 1.807) is 57.0 Å². The predicted molar refractivity (Wildman–Crippen MR) is 133 cm³/mol. The number of allylic oxidation sites excluding steroid dienone is 1. The predicted octanol–water partition coefficient (Wildman–Crippen LogP) is 4.81. The van der Waals surface area contributed by atoms with Crippen LogP contribution in [0, 0.1) is 6.92 Å². The number of amides is 3. The van der Waals surface area contributed by atoms with Crippen molar-refractivity contribution < 1.29 is 23.9 Å². The molecule has 3 rings (SSSR count). The molecule has 0 saturated heterocycles. The van der Waals surface area contributed by atoms with Gasteiger partial charge in [-0.2, -0.15) is 0 Å². The summed E-state index contributed by atoms with van der Waals surface area (Å²) in [6.45, 7) is 7.94. The molecule has 1 heterocycles. The van der Waals surface area contributed by atoms with Crippen LogP contribution in [0.15, 0.2) is 65.9 Å². The number of carbonyl (C=O) groups is 3. The maximum absolute atomic E-state index is 13.1. The number of nitrogens with zero attached hydrogens (tertiary/aromatic N) is 2. The summed E-state index contributed by atoms with van der Waals surface area (Å²) in [6.07, 6.45) is -0.287. The topological polar surface area (TPSA) is 88.2 Å². The Labute approximate surface area is 206 Å². The van der Waals surface area contributed by atoms with Crippen LogP contribution in [0.1, 0.15) is 44.4 Å². The molecule has 1 aliphatic heterocycles. The fourth-order valence-electron chi connectivity index (χ4n) is 3.97. The Morgan fingerprint density at radius 1 is 1.09 bits per heavy atom. The van der Waals surface area contributed by atoms with E-state index in [4.69, 9.17) is 9.47 Å². The summed E-state index contributed by atoms with van der Waals surface area (Å²) in [7, 11) is 1.65. The number of benzene rings is 2. The number of hydrogen-bond acceptors (Lipinski definition) is 5. The zero-order chi connectivity index (χ0) is 25.5. The summed E-state index contributed by atoms with van der Waals surface area (Å²) >= 11 is 0. The van der Waals surface area contributed by atoms with E-state index in [9.17, 15) is 14.4 Å². The van der Waals surface area contributed by atoms with Crippen molar-refractivity contribution in [3.63, 3.8) is 0 Å². The summed E-state index contributed by atoms with van der Waals surface area (Å²) < 4.78 is 10.9. The fraction of sp³-hybridized carbons (Fsp3) is 0.370. The second-order valence-corrected chi connectivity index (χ2v) is 8.89. The standard InChI is InChI=1S/C27H33N3O5/c1-18(2)34-25(31)23-20(4)28-26(32)30(24(23)21-12-9-11-19(3)17-21)16-10-15-29(5)27(33)35-22-13-7-6-8-14-22/h6-9,11-14,17-18,24H,10,15-16H2,1-5H3,(H,28,32). The molecule has 0 saturated carbocycles. The van der Waals surface area contributed by atoms with Gasteiger partial charge in [-0.05, 0) is 51.8 Å². The Kier molecular flexibility index (Phi) is 8.52. The SMILES string of the molecule is CC1=C(C(=O)OC(C)C)C(c2cccc(C)c2)N(CCCN(C)C(=O)Oc2ccccc2)C(=O)N1. The molecule has 2 aromatic rings. The highest BCUT2D eigenvalue weighted by molar-refractivity contribution is 5.95. The lowest BCUT2D eigenvalue weighted by Crippen LogP contribution is -2.49. The third-order valence-corrected chi connectivity index (χ3v) is 5.62. The first-order valence-corrected chi connectivity index (χ1v) is 11.7. The Bertz CT molecular complexity index is 1100. The van der Waals surface area contributed by atoms with Crippen LogP contribution in [0.2, 0.25) is 0 Å². The minimum absolute atomic E-state index is 0.295. The molecule has 8 heteroatoms. The third-order valence-electron chi connectivity index (χ3n) is 5.62. The molecule has 0 bridgehead atoms. The largest absolute Gasteiger partial charge is 0.459 e. The molecule has 0 spiro atoms. The van der Waals surface area contributed by atoms with Gasteiger partial charge in [0.2, 0.25) is 0 Å². The third kappa shape index (κ3) is 6.62. The number of aryl methyl sites for hydroxylation is 1. The molecular weight excluding hydrogens is 446 g/mol. The van der Waals surface area contributed by atoms with Crippen LogP contribution in [-0.2, 0) is 9.53 Å². The zero-order valence-corrected chi connectivity index (χ0v) is 20.9. The lowest BCUT2D eigenvalue weighted by Gasteiger charge is -2.38. The van der Waals surface area contributed by atoms with E-state index in [1.165, 1.54) is 4.90 Å². The van der Waals surface area contributed by atoms with Gasteiger partial charge in [-0.25, -0.2) is 14.4 Å². The average molecular weight is 480 g/mol. The van der Waals surface area contributed by atoms with Crippen LogP contribution in [-0.4, -0.2) is 54.1 Å². The number of para-hydroxylation sites is 1. The summed E-state index contributed by atoms with van der Waals surface area (Å²) in [4.78, 5) is 41.6. The second-order valence-electron chi connectivity index (χ2n) is 8.89. The molecule has 3 amide bonds. The summed E-state index contributed by atoms with van der Waals surface area (Å²) in [5.41, 5.74) is 2.73. The maximum Gasteiger partial charge on any atom is 0.414 e. The molecule has 1 unspecified atom stereocenters. The van der Waals surface area contributed by atoms with E-state index in [-0.39, 0.29) is 12.1 Å². The number of carbonyl (C=O) groups excluding carboxylic acids is 3. The normalized spacial score (nSPS) is 15.7. The average Bonchev–Trinajstić information content (AvgIpc) is 2.80. The first kappa shape index (κ1) is 25.8. The molecule has 0 radical (unpaired) electrons. The van der Waals surface area contributed by atoms with E-state index in [0.29, 0.717) is 36.5 Å². The van der Waals surface area contributed by atoms with Gasteiger partial charge in [0.1, 0.15) is 5.75 Å². The highest BCUT2D eigenvalue weighted by Crippen LogP contribution is 2.35. The van der Waals surface area contributed by atoms with Gasteiger partial charge in [0.05, 0.1) is 17.7 Å². The van der Waals surface area contributed by atoms with Gasteiger partial charge in [0.15, 0.2) is 0 Å². The highest BCUT2D eigenvalue weighted by atomic mass is 16.6. The lowest BCUT2D eigenvalue weighted by atomic mass is 9.92. The molecule has 1 N–H and O–H groups in total. The quantitative estimate of drug-likeness (QED) is 0.549. The van der Waals surface area contributed by atoms with Crippen LogP contribution in [0.5, 0.6) is 5.75 Å². The smallest absolute Gasteiger partial charge is 0.414 e. The van der Waals surface area contributed by atoms with Crippen molar-refractivity contribution in [3.05, 3.63) is 77.0 Å². The molecule has 1 atom stereocenters. The van der Waals surface area contributed by atoms with Crippen LogP contribution >= 0.6 is 0 Å². The van der Waals surface area contributed by atoms with Gasteiger partial charge >= 0.3 is 18.1 Å². The number of ether oxygens (including phenoxy) is 2. The summed E-state index contributed by atoms with van der Waals surface area (Å²) in [6, 6.07) is 15.7. The van der Waals surface area contributed by atoms with Crippen molar-refractivity contribution in [2.24, 2.45) is 0 Å². The zero-order valence-electron chi connectivity index (χ0n) is 20.9. The summed E-state index contributed by atoms with van der Waals surface area (Å²) in [5, 5.41) is 2.80. The molecule has 0 aliphatic carbocycles.